The topological polar surface area (TPSA) is 152 Å². The molecule has 0 unspecified atom stereocenters. The minimum absolute atomic E-state index is 0.00408. The van der Waals surface area contributed by atoms with Crippen LogP contribution in [-0.4, -0.2) is 35.0 Å². The van der Waals surface area contributed by atoms with Gasteiger partial charge in [0.2, 0.25) is 10.0 Å². The summed E-state index contributed by atoms with van der Waals surface area (Å²) in [6.45, 7) is -0.0703. The zero-order valence-electron chi connectivity index (χ0n) is 17.3. The van der Waals surface area contributed by atoms with Crippen molar-refractivity contribution in [3.05, 3.63) is 78.3 Å². The Morgan fingerprint density at radius 3 is 2.52 bits per heavy atom. The summed E-state index contributed by atoms with van der Waals surface area (Å²) < 4.78 is 66.1. The van der Waals surface area contributed by atoms with Crippen LogP contribution in [0.1, 0.15) is 11.3 Å². The predicted molar refractivity (Wildman–Crippen MR) is 120 cm³/mol. The quantitative estimate of drug-likeness (QED) is 0.365. The third kappa shape index (κ3) is 6.22. The van der Waals surface area contributed by atoms with Gasteiger partial charge in [-0.2, -0.15) is 0 Å². The summed E-state index contributed by atoms with van der Waals surface area (Å²) in [6, 6.07) is 12.6. The Labute approximate surface area is 190 Å². The highest BCUT2D eigenvalue weighted by Gasteiger charge is 2.22. The van der Waals surface area contributed by atoms with E-state index in [1.165, 1.54) is 61.9 Å². The van der Waals surface area contributed by atoms with E-state index in [1.807, 2.05) is 0 Å². The average Bonchev–Trinajstić information content (AvgIpc) is 3.30. The molecule has 174 valence electrons. The second-order valence-corrected chi connectivity index (χ2v) is 10.0. The molecule has 1 aromatic heterocycles. The summed E-state index contributed by atoms with van der Waals surface area (Å²) in [7, 11) is -6.87. The summed E-state index contributed by atoms with van der Waals surface area (Å²) in [5.74, 6) is -0.745. The molecule has 0 aliphatic carbocycles. The SMILES string of the molecule is COc1ccc(/C=C/C(=O)O)cc1S(=O)(=O)Nc1cccc(S(=O)(=O)NCc2ccco2)c1. The molecule has 0 saturated carbocycles. The number of hydrogen-bond donors (Lipinski definition) is 3. The van der Waals surface area contributed by atoms with Gasteiger partial charge < -0.3 is 14.3 Å². The molecule has 10 nitrogen and oxygen atoms in total. The minimum atomic E-state index is -4.21. The molecule has 12 heteroatoms. The molecular formula is C21H20N2O8S2. The van der Waals surface area contributed by atoms with Crippen molar-refractivity contribution >= 4 is 37.8 Å². The van der Waals surface area contributed by atoms with Crippen LogP contribution in [0, 0.1) is 0 Å². The normalized spacial score (nSPS) is 12.0. The van der Waals surface area contributed by atoms with Crippen LogP contribution in [0.5, 0.6) is 5.75 Å². The van der Waals surface area contributed by atoms with Crippen molar-refractivity contribution in [3.63, 3.8) is 0 Å². The monoisotopic (exact) mass is 492 g/mol. The lowest BCUT2D eigenvalue weighted by molar-refractivity contribution is -0.131. The fraction of sp³-hybridized carbons (Fsp3) is 0.0952. The van der Waals surface area contributed by atoms with Gasteiger partial charge in [0.05, 0.1) is 30.5 Å². The lowest BCUT2D eigenvalue weighted by atomic mass is 10.2. The fourth-order valence-corrected chi connectivity index (χ4v) is 5.07. The summed E-state index contributed by atoms with van der Waals surface area (Å²) in [4.78, 5) is 10.3. The van der Waals surface area contributed by atoms with Crippen LogP contribution in [0.25, 0.3) is 6.08 Å². The zero-order chi connectivity index (χ0) is 24.1. The minimum Gasteiger partial charge on any atom is -0.495 e. The number of sulfonamides is 2. The number of anilines is 1. The van der Waals surface area contributed by atoms with E-state index in [0.717, 1.165) is 6.08 Å². The number of benzene rings is 2. The van der Waals surface area contributed by atoms with Gasteiger partial charge in [0.1, 0.15) is 16.4 Å². The van der Waals surface area contributed by atoms with E-state index < -0.39 is 26.0 Å². The van der Waals surface area contributed by atoms with Crippen molar-refractivity contribution in [2.45, 2.75) is 16.3 Å². The maximum absolute atomic E-state index is 13.0. The second kappa shape index (κ2) is 9.90. The van der Waals surface area contributed by atoms with Crippen LogP contribution < -0.4 is 14.2 Å². The van der Waals surface area contributed by atoms with Crippen LogP contribution in [0.4, 0.5) is 5.69 Å². The van der Waals surface area contributed by atoms with E-state index in [9.17, 15) is 21.6 Å². The van der Waals surface area contributed by atoms with Crippen molar-refractivity contribution in [2.24, 2.45) is 0 Å². The average molecular weight is 493 g/mol. The van der Waals surface area contributed by atoms with E-state index in [-0.39, 0.29) is 27.8 Å². The number of carboxylic acids is 1. The molecule has 3 N–H and O–H groups in total. The number of hydrogen-bond acceptors (Lipinski definition) is 7. The number of furan rings is 1. The molecule has 0 bridgehead atoms. The van der Waals surface area contributed by atoms with Crippen LogP contribution in [-0.2, 0) is 31.4 Å². The first kappa shape index (κ1) is 24.0. The third-order valence-corrected chi connectivity index (χ3v) is 7.11. The molecule has 0 spiro atoms. The van der Waals surface area contributed by atoms with Gasteiger partial charge in [0, 0.05) is 6.08 Å². The van der Waals surface area contributed by atoms with Crippen molar-refractivity contribution in [2.75, 3.05) is 11.8 Å². The summed E-state index contributed by atoms with van der Waals surface area (Å²) in [5, 5.41) is 8.78. The summed E-state index contributed by atoms with van der Waals surface area (Å²) in [5.41, 5.74) is 0.321. The van der Waals surface area contributed by atoms with Crippen molar-refractivity contribution in [3.8, 4) is 5.75 Å². The standard InChI is InChI=1S/C21H20N2O8S2/c1-30-19-9-7-15(8-10-21(24)25)12-20(19)33(28,29)23-16-4-2-6-18(13-16)32(26,27)22-14-17-5-3-11-31-17/h2-13,22-23H,14H2,1H3,(H,24,25)/b10-8+. The van der Waals surface area contributed by atoms with Crippen LogP contribution in [0.15, 0.2) is 81.1 Å². The van der Waals surface area contributed by atoms with Crippen LogP contribution in [0.2, 0.25) is 0 Å². The van der Waals surface area contributed by atoms with Crippen molar-refractivity contribution in [1.82, 2.24) is 4.72 Å². The number of carboxylic acid groups (broad SMARTS) is 1. The number of aliphatic carboxylic acids is 1. The Kier molecular flexibility index (Phi) is 7.21. The number of rotatable bonds is 10. The van der Waals surface area contributed by atoms with Gasteiger partial charge >= 0.3 is 5.97 Å². The Bertz CT molecular complexity index is 1380. The highest BCUT2D eigenvalue weighted by atomic mass is 32.2. The maximum Gasteiger partial charge on any atom is 0.328 e. The first-order chi connectivity index (χ1) is 15.6. The smallest absolute Gasteiger partial charge is 0.328 e. The zero-order valence-corrected chi connectivity index (χ0v) is 18.9. The Hall–Kier alpha value is -3.61. The summed E-state index contributed by atoms with van der Waals surface area (Å²) >= 11 is 0. The highest BCUT2D eigenvalue weighted by molar-refractivity contribution is 7.92. The third-order valence-electron chi connectivity index (χ3n) is 4.31. The van der Waals surface area contributed by atoms with Crippen LogP contribution >= 0.6 is 0 Å². The van der Waals surface area contributed by atoms with Gasteiger partial charge in [-0.15, -0.1) is 0 Å². The van der Waals surface area contributed by atoms with Crippen LogP contribution in [0.3, 0.4) is 0 Å². The largest absolute Gasteiger partial charge is 0.495 e. The molecular weight excluding hydrogens is 472 g/mol. The molecule has 2 aromatic carbocycles. The molecule has 3 rings (SSSR count). The lowest BCUT2D eigenvalue weighted by Gasteiger charge is -2.13. The predicted octanol–water partition coefficient (Wildman–Crippen LogP) is 2.67. The van der Waals surface area contributed by atoms with Gasteiger partial charge in [0.25, 0.3) is 10.0 Å². The van der Waals surface area contributed by atoms with Crippen molar-refractivity contribution < 1.29 is 35.9 Å². The number of methoxy groups -OCH3 is 1. The van der Waals surface area contributed by atoms with Gasteiger partial charge in [-0.3, -0.25) is 4.72 Å². The van der Waals surface area contributed by atoms with E-state index in [0.29, 0.717) is 11.3 Å². The molecule has 1 heterocycles. The summed E-state index contributed by atoms with van der Waals surface area (Å²) in [6.07, 6.45) is 3.52. The van der Waals surface area contributed by atoms with Gasteiger partial charge in [-0.1, -0.05) is 12.1 Å². The molecule has 0 fully saturated rings. The van der Waals surface area contributed by atoms with E-state index in [1.54, 1.807) is 12.1 Å². The second-order valence-electron chi connectivity index (χ2n) is 6.62. The van der Waals surface area contributed by atoms with Crippen molar-refractivity contribution in [1.29, 1.82) is 0 Å². The maximum atomic E-state index is 13.0. The highest BCUT2D eigenvalue weighted by Crippen LogP contribution is 2.28. The number of nitrogens with one attached hydrogen (secondary N) is 2. The Morgan fingerprint density at radius 1 is 1.06 bits per heavy atom. The fourth-order valence-electron chi connectivity index (χ4n) is 2.77. The molecule has 0 amide bonds. The lowest BCUT2D eigenvalue weighted by Crippen LogP contribution is -2.23. The Balaban J connectivity index is 1.87. The van der Waals surface area contributed by atoms with E-state index in [4.69, 9.17) is 14.3 Å². The molecule has 0 atom stereocenters. The molecule has 33 heavy (non-hydrogen) atoms. The first-order valence-corrected chi connectivity index (χ1v) is 12.3. The van der Waals surface area contributed by atoms with E-state index in [2.05, 4.69) is 9.44 Å². The first-order valence-electron chi connectivity index (χ1n) is 9.35. The molecule has 0 aliphatic heterocycles. The van der Waals surface area contributed by atoms with E-state index >= 15 is 0 Å². The van der Waals surface area contributed by atoms with Gasteiger partial charge in [-0.05, 0) is 54.1 Å². The Morgan fingerprint density at radius 2 is 1.85 bits per heavy atom. The molecule has 0 saturated heterocycles. The molecule has 0 aliphatic rings. The molecule has 3 aromatic rings. The van der Waals surface area contributed by atoms with Gasteiger partial charge in [0.15, 0.2) is 0 Å². The number of carbonyl (C=O) groups is 1. The number of ether oxygens (including phenoxy) is 1. The van der Waals surface area contributed by atoms with Gasteiger partial charge in [-0.25, -0.2) is 26.4 Å². The molecule has 0 radical (unpaired) electrons.